The number of rotatable bonds is 5. The fourth-order valence-electron chi connectivity index (χ4n) is 3.51. The van der Waals surface area contributed by atoms with Crippen molar-refractivity contribution in [3.8, 4) is 0 Å². The third kappa shape index (κ3) is 4.17. The van der Waals surface area contributed by atoms with Gasteiger partial charge in [-0.2, -0.15) is 5.10 Å². The molecule has 0 bridgehead atoms. The molecule has 1 atom stereocenters. The number of nitrogens with one attached hydrogen (secondary N) is 2. The molecule has 1 aliphatic heterocycles. The average Bonchev–Trinajstić information content (AvgIpc) is 2.97. The van der Waals surface area contributed by atoms with Crippen molar-refractivity contribution in [2.45, 2.75) is 45.7 Å². The first-order valence-corrected chi connectivity index (χ1v) is 8.80. The Kier molecular flexibility index (Phi) is 5.33. The van der Waals surface area contributed by atoms with E-state index in [1.807, 2.05) is 31.2 Å². The van der Waals surface area contributed by atoms with Gasteiger partial charge in [-0.1, -0.05) is 12.1 Å². The molecule has 7 nitrogen and oxygen atoms in total. The Morgan fingerprint density at radius 3 is 2.80 bits per heavy atom. The van der Waals surface area contributed by atoms with Crippen LogP contribution >= 0.6 is 0 Å². The zero-order valence-corrected chi connectivity index (χ0v) is 14.8. The van der Waals surface area contributed by atoms with Crippen LogP contribution in [0.25, 0.3) is 0 Å². The van der Waals surface area contributed by atoms with Crippen molar-refractivity contribution in [1.82, 2.24) is 19.7 Å². The van der Waals surface area contributed by atoms with Crippen molar-refractivity contribution in [3.05, 3.63) is 46.1 Å². The summed E-state index contributed by atoms with van der Waals surface area (Å²) in [6.07, 6.45) is 2.15. The van der Waals surface area contributed by atoms with Crippen molar-refractivity contribution in [1.29, 1.82) is 0 Å². The first-order chi connectivity index (χ1) is 12.1. The number of benzene rings is 1. The van der Waals surface area contributed by atoms with Crippen molar-refractivity contribution >= 4 is 11.6 Å². The van der Waals surface area contributed by atoms with Gasteiger partial charge in [0.25, 0.3) is 0 Å². The van der Waals surface area contributed by atoms with Crippen LogP contribution in [0.1, 0.15) is 44.0 Å². The summed E-state index contributed by atoms with van der Waals surface area (Å²) in [6, 6.07) is 7.96. The molecule has 0 saturated carbocycles. The first kappa shape index (κ1) is 17.4. The number of anilines is 1. The lowest BCUT2D eigenvalue weighted by atomic mass is 9.96. The lowest BCUT2D eigenvalue weighted by Crippen LogP contribution is -2.35. The van der Waals surface area contributed by atoms with Crippen molar-refractivity contribution in [2.75, 3.05) is 18.4 Å². The minimum atomic E-state index is -0.122. The highest BCUT2D eigenvalue weighted by Crippen LogP contribution is 2.26. The normalized spacial score (nSPS) is 18.2. The van der Waals surface area contributed by atoms with Gasteiger partial charge in [-0.3, -0.25) is 14.3 Å². The Balaban J connectivity index is 1.65. The summed E-state index contributed by atoms with van der Waals surface area (Å²) in [7, 11) is 0. The number of aromatic nitrogens is 3. The number of amides is 1. The zero-order chi connectivity index (χ0) is 17.8. The van der Waals surface area contributed by atoms with E-state index in [1.165, 1.54) is 12.5 Å². The van der Waals surface area contributed by atoms with E-state index < -0.39 is 0 Å². The quantitative estimate of drug-likeness (QED) is 0.869. The Bertz CT molecular complexity index is 778. The predicted octanol–water partition coefficient (Wildman–Crippen LogP) is 1.93. The third-order valence-electron chi connectivity index (χ3n) is 4.66. The minimum Gasteiger partial charge on any atom is -0.326 e. The molecule has 1 saturated heterocycles. The molecule has 1 fully saturated rings. The molecule has 2 aromatic rings. The average molecular weight is 343 g/mol. The van der Waals surface area contributed by atoms with E-state index >= 15 is 0 Å². The summed E-state index contributed by atoms with van der Waals surface area (Å²) in [5.41, 5.74) is 1.91. The Morgan fingerprint density at radius 1 is 1.36 bits per heavy atom. The van der Waals surface area contributed by atoms with Crippen LogP contribution in [0, 0.1) is 0 Å². The van der Waals surface area contributed by atoms with Crippen LogP contribution in [0.3, 0.4) is 0 Å². The van der Waals surface area contributed by atoms with E-state index in [9.17, 15) is 9.59 Å². The summed E-state index contributed by atoms with van der Waals surface area (Å²) in [5.74, 6) is 1.09. The summed E-state index contributed by atoms with van der Waals surface area (Å²) < 4.78 is 1.73. The molecule has 2 N–H and O–H groups in total. The second-order valence-corrected chi connectivity index (χ2v) is 6.58. The number of hydrogen-bond donors (Lipinski definition) is 2. The molecule has 1 unspecified atom stereocenters. The standard InChI is InChI=1S/C18H25N5O2/c1-3-23-17(20-21-18(23)25)15-5-4-10-22(12-15)11-14-6-8-16(9-7-14)19-13(2)24/h6-9,15H,3-5,10-12H2,1-2H3,(H,19,24)(H,21,25). The van der Waals surface area contributed by atoms with Crippen LogP contribution < -0.4 is 11.0 Å². The van der Waals surface area contributed by atoms with Crippen LogP contribution in [0.4, 0.5) is 5.69 Å². The van der Waals surface area contributed by atoms with E-state index in [4.69, 9.17) is 0 Å². The second kappa shape index (κ2) is 7.65. The van der Waals surface area contributed by atoms with Gasteiger partial charge in [-0.15, -0.1) is 0 Å². The highest BCUT2D eigenvalue weighted by molar-refractivity contribution is 5.88. The second-order valence-electron chi connectivity index (χ2n) is 6.58. The highest BCUT2D eigenvalue weighted by Gasteiger charge is 2.25. The van der Waals surface area contributed by atoms with Gasteiger partial charge >= 0.3 is 5.69 Å². The van der Waals surface area contributed by atoms with Crippen LogP contribution in [-0.2, 0) is 17.9 Å². The topological polar surface area (TPSA) is 83.0 Å². The molecule has 1 aromatic heterocycles. The van der Waals surface area contributed by atoms with E-state index in [0.717, 1.165) is 44.0 Å². The van der Waals surface area contributed by atoms with E-state index in [1.54, 1.807) is 4.57 Å². The molecular formula is C18H25N5O2. The number of piperidine rings is 1. The number of hydrogen-bond acceptors (Lipinski definition) is 4. The monoisotopic (exact) mass is 343 g/mol. The third-order valence-corrected chi connectivity index (χ3v) is 4.66. The van der Waals surface area contributed by atoms with Gasteiger partial charge in [0, 0.05) is 38.2 Å². The van der Waals surface area contributed by atoms with Crippen LogP contribution in [-0.4, -0.2) is 38.7 Å². The molecule has 2 heterocycles. The molecule has 3 rings (SSSR count). The number of H-pyrrole nitrogens is 1. The summed E-state index contributed by atoms with van der Waals surface area (Å²) in [6.45, 7) is 6.93. The van der Waals surface area contributed by atoms with Crippen LogP contribution in [0.2, 0.25) is 0 Å². The van der Waals surface area contributed by atoms with Crippen molar-refractivity contribution in [2.24, 2.45) is 0 Å². The Morgan fingerprint density at radius 2 is 2.12 bits per heavy atom. The molecule has 1 aromatic carbocycles. The summed E-state index contributed by atoms with van der Waals surface area (Å²) in [4.78, 5) is 25.3. The molecular weight excluding hydrogens is 318 g/mol. The van der Waals surface area contributed by atoms with Crippen LogP contribution in [0.15, 0.2) is 29.1 Å². The Labute approximate surface area is 147 Å². The molecule has 0 radical (unpaired) electrons. The lowest BCUT2D eigenvalue weighted by molar-refractivity contribution is -0.114. The fourth-order valence-corrected chi connectivity index (χ4v) is 3.51. The molecule has 1 amide bonds. The number of aromatic amines is 1. The largest absolute Gasteiger partial charge is 0.343 e. The van der Waals surface area contributed by atoms with E-state index in [0.29, 0.717) is 6.54 Å². The predicted molar refractivity (Wildman–Crippen MR) is 96.5 cm³/mol. The van der Waals surface area contributed by atoms with Gasteiger partial charge in [0.05, 0.1) is 0 Å². The maximum Gasteiger partial charge on any atom is 0.343 e. The van der Waals surface area contributed by atoms with Gasteiger partial charge in [-0.05, 0) is 44.0 Å². The fraction of sp³-hybridized carbons (Fsp3) is 0.500. The Hall–Kier alpha value is -2.41. The lowest BCUT2D eigenvalue weighted by Gasteiger charge is -2.32. The van der Waals surface area contributed by atoms with E-state index in [-0.39, 0.29) is 17.5 Å². The minimum absolute atomic E-state index is 0.0624. The zero-order valence-electron chi connectivity index (χ0n) is 14.8. The van der Waals surface area contributed by atoms with Gasteiger partial charge in [0.15, 0.2) is 0 Å². The number of carbonyl (C=O) groups is 1. The molecule has 7 heteroatoms. The summed E-state index contributed by atoms with van der Waals surface area (Å²) in [5, 5.41) is 9.61. The first-order valence-electron chi connectivity index (χ1n) is 8.80. The number of carbonyl (C=O) groups excluding carboxylic acids is 1. The molecule has 0 aliphatic carbocycles. The van der Waals surface area contributed by atoms with Crippen molar-refractivity contribution < 1.29 is 4.79 Å². The molecule has 1 aliphatic rings. The molecule has 25 heavy (non-hydrogen) atoms. The van der Waals surface area contributed by atoms with Crippen LogP contribution in [0.5, 0.6) is 0 Å². The van der Waals surface area contributed by atoms with Gasteiger partial charge < -0.3 is 5.32 Å². The van der Waals surface area contributed by atoms with Crippen molar-refractivity contribution in [3.63, 3.8) is 0 Å². The molecule has 134 valence electrons. The maximum absolute atomic E-state index is 11.8. The smallest absolute Gasteiger partial charge is 0.326 e. The van der Waals surface area contributed by atoms with E-state index in [2.05, 4.69) is 20.4 Å². The van der Waals surface area contributed by atoms with Gasteiger partial charge in [0.2, 0.25) is 5.91 Å². The van der Waals surface area contributed by atoms with Gasteiger partial charge in [-0.25, -0.2) is 9.89 Å². The highest BCUT2D eigenvalue weighted by atomic mass is 16.2. The summed E-state index contributed by atoms with van der Waals surface area (Å²) >= 11 is 0. The maximum atomic E-state index is 11.8. The molecule has 0 spiro atoms. The number of nitrogens with zero attached hydrogens (tertiary/aromatic N) is 3. The number of likely N-dealkylation sites (tertiary alicyclic amines) is 1. The SMILES string of the molecule is CCn1c(C2CCCN(Cc3ccc(NC(C)=O)cc3)C2)n[nH]c1=O. The van der Waals surface area contributed by atoms with Gasteiger partial charge in [0.1, 0.15) is 5.82 Å².